The van der Waals surface area contributed by atoms with Gasteiger partial charge in [-0.1, -0.05) is 59.3 Å². The number of aromatic nitrogens is 3. The molecular formula is C31H32ClN7O2S. The topological polar surface area (TPSA) is 95.4 Å². The highest BCUT2D eigenvalue weighted by molar-refractivity contribution is 7.19. The van der Waals surface area contributed by atoms with Crippen LogP contribution in [0.3, 0.4) is 0 Å². The Morgan fingerprint density at radius 3 is 2.64 bits per heavy atom. The van der Waals surface area contributed by atoms with E-state index in [-0.39, 0.29) is 18.0 Å². The molecule has 0 saturated carbocycles. The van der Waals surface area contributed by atoms with Gasteiger partial charge >= 0.3 is 12.1 Å². The number of aryl methyl sites for hydroxylation is 1. The minimum absolute atomic E-state index is 0.139. The Hall–Kier alpha value is -3.89. The number of urea groups is 2. The lowest BCUT2D eigenvalue weighted by atomic mass is 9.95. The second-order valence-corrected chi connectivity index (χ2v) is 12.6. The van der Waals surface area contributed by atoms with E-state index >= 15 is 0 Å². The summed E-state index contributed by atoms with van der Waals surface area (Å²) in [6.07, 6.45) is 4.64. The van der Waals surface area contributed by atoms with Crippen molar-refractivity contribution in [3.8, 4) is 27.5 Å². The lowest BCUT2D eigenvalue weighted by Crippen LogP contribution is -2.41. The molecule has 7 rings (SSSR count). The van der Waals surface area contributed by atoms with Crippen molar-refractivity contribution in [2.24, 2.45) is 5.92 Å². The summed E-state index contributed by atoms with van der Waals surface area (Å²) in [5, 5.41) is 12.2. The van der Waals surface area contributed by atoms with E-state index in [1.165, 1.54) is 16.9 Å². The highest BCUT2D eigenvalue weighted by atomic mass is 35.5. The fourth-order valence-corrected chi connectivity index (χ4v) is 7.46. The fourth-order valence-electron chi connectivity index (χ4n) is 6.21. The summed E-state index contributed by atoms with van der Waals surface area (Å²) in [6, 6.07) is 17.8. The van der Waals surface area contributed by atoms with Crippen molar-refractivity contribution in [1.82, 2.24) is 29.9 Å². The number of hydrogen-bond acceptors (Lipinski definition) is 5. The van der Waals surface area contributed by atoms with Crippen molar-refractivity contribution in [1.29, 1.82) is 0 Å². The Bertz CT molecular complexity index is 1630. The third kappa shape index (κ3) is 5.25. The second-order valence-electron chi connectivity index (χ2n) is 11.1. The molecule has 2 fully saturated rings. The zero-order valence-electron chi connectivity index (χ0n) is 23.2. The molecule has 9 nitrogen and oxygen atoms in total. The molecule has 2 saturated heterocycles. The van der Waals surface area contributed by atoms with Crippen LogP contribution >= 0.6 is 22.9 Å². The third-order valence-electron chi connectivity index (χ3n) is 8.31. The van der Waals surface area contributed by atoms with Crippen molar-refractivity contribution in [2.45, 2.75) is 32.1 Å². The molecule has 2 N–H and O–H groups in total. The third-order valence-corrected chi connectivity index (χ3v) is 9.57. The Kier molecular flexibility index (Phi) is 7.33. The first-order valence-corrected chi connectivity index (χ1v) is 15.7. The number of fused-ring (bicyclic) bond motifs is 3. The summed E-state index contributed by atoms with van der Waals surface area (Å²) in [6.45, 7) is 3.66. The molecule has 4 amide bonds. The number of carbonyl (C=O) groups excluding carboxylic acids is 2. The number of amides is 4. The molecule has 0 radical (unpaired) electrons. The van der Waals surface area contributed by atoms with E-state index in [4.69, 9.17) is 21.7 Å². The van der Waals surface area contributed by atoms with Crippen LogP contribution in [0.4, 0.5) is 14.7 Å². The maximum atomic E-state index is 12.9. The molecular weight excluding hydrogens is 570 g/mol. The molecule has 1 unspecified atom stereocenters. The number of likely N-dealkylation sites (tertiary alicyclic amines) is 2. The zero-order chi connectivity index (χ0) is 28.6. The standard InChI is InChI=1S/C31H32ClN7O2S/c32-22-9-6-10-23(17-22)39-27-24(26(36-39)21-7-2-1-3-8-21)11-12-25-28(27)42-30(34-25)35-29(40)33-18-20-13-16-38(19-20)31(41)37-14-4-5-15-37/h1-3,6-10,17,20H,4-5,11-16,18-19H2,(H2,33,34,35,40). The zero-order valence-corrected chi connectivity index (χ0v) is 24.8. The summed E-state index contributed by atoms with van der Waals surface area (Å²) >= 11 is 7.84. The number of thiazole rings is 1. The molecule has 216 valence electrons. The normalized spacial score (nSPS) is 17.7. The predicted octanol–water partition coefficient (Wildman–Crippen LogP) is 6.07. The lowest BCUT2D eigenvalue weighted by Gasteiger charge is -2.24. The number of nitrogens with zero attached hydrogens (tertiary/aromatic N) is 5. The van der Waals surface area contributed by atoms with Crippen molar-refractivity contribution >= 4 is 40.1 Å². The van der Waals surface area contributed by atoms with Crippen LogP contribution in [0.2, 0.25) is 5.02 Å². The van der Waals surface area contributed by atoms with Gasteiger partial charge in [-0.15, -0.1) is 0 Å². The van der Waals surface area contributed by atoms with Crippen molar-refractivity contribution in [3.63, 3.8) is 0 Å². The average molecular weight is 602 g/mol. The first-order chi connectivity index (χ1) is 20.5. The number of rotatable bonds is 5. The molecule has 4 heterocycles. The van der Waals surface area contributed by atoms with Gasteiger partial charge in [0.25, 0.3) is 0 Å². The van der Waals surface area contributed by atoms with Gasteiger partial charge in [-0.05, 0) is 56.2 Å². The monoisotopic (exact) mass is 601 g/mol. The largest absolute Gasteiger partial charge is 0.337 e. The number of halogens is 1. The molecule has 1 aliphatic carbocycles. The maximum Gasteiger partial charge on any atom is 0.321 e. The number of hydrogen-bond donors (Lipinski definition) is 2. The summed E-state index contributed by atoms with van der Waals surface area (Å²) in [5.41, 5.74) is 6.01. The van der Waals surface area contributed by atoms with Crippen LogP contribution in [0.25, 0.3) is 27.5 Å². The molecule has 11 heteroatoms. The summed E-state index contributed by atoms with van der Waals surface area (Å²) in [4.78, 5) is 35.3. The van der Waals surface area contributed by atoms with E-state index in [0.717, 1.165) is 84.9 Å². The minimum Gasteiger partial charge on any atom is -0.337 e. The molecule has 42 heavy (non-hydrogen) atoms. The number of benzene rings is 2. The van der Waals surface area contributed by atoms with Gasteiger partial charge in [0.05, 0.1) is 27.6 Å². The first-order valence-electron chi connectivity index (χ1n) is 14.6. The smallest absolute Gasteiger partial charge is 0.321 e. The number of nitrogens with one attached hydrogen (secondary N) is 2. The molecule has 4 aromatic rings. The predicted molar refractivity (Wildman–Crippen MR) is 165 cm³/mol. The Morgan fingerprint density at radius 1 is 1.00 bits per heavy atom. The van der Waals surface area contributed by atoms with Crippen LogP contribution < -0.4 is 10.6 Å². The van der Waals surface area contributed by atoms with Crippen molar-refractivity contribution < 1.29 is 9.59 Å². The number of anilines is 1. The van der Waals surface area contributed by atoms with E-state index < -0.39 is 0 Å². The fraction of sp³-hybridized carbons (Fsp3) is 0.355. The molecule has 0 bridgehead atoms. The molecule has 3 aliphatic rings. The molecule has 2 aromatic carbocycles. The lowest BCUT2D eigenvalue weighted by molar-refractivity contribution is 0.171. The van der Waals surface area contributed by atoms with Gasteiger partial charge in [-0.3, -0.25) is 5.32 Å². The van der Waals surface area contributed by atoms with Gasteiger partial charge in [-0.2, -0.15) is 5.10 Å². The Balaban J connectivity index is 1.08. The highest BCUT2D eigenvalue weighted by Gasteiger charge is 2.32. The van der Waals surface area contributed by atoms with Crippen LogP contribution in [-0.2, 0) is 12.8 Å². The van der Waals surface area contributed by atoms with Crippen molar-refractivity contribution in [3.05, 3.63) is 70.9 Å². The molecule has 0 spiro atoms. The first kappa shape index (κ1) is 27.0. The summed E-state index contributed by atoms with van der Waals surface area (Å²) < 4.78 is 1.96. The Morgan fingerprint density at radius 2 is 1.83 bits per heavy atom. The molecule has 2 aliphatic heterocycles. The molecule has 1 atom stereocenters. The highest BCUT2D eigenvalue weighted by Crippen LogP contribution is 2.44. The molecule has 2 aromatic heterocycles. The van der Waals surface area contributed by atoms with E-state index in [1.54, 1.807) is 0 Å². The van der Waals surface area contributed by atoms with Crippen molar-refractivity contribution in [2.75, 3.05) is 38.0 Å². The van der Waals surface area contributed by atoms with Crippen LogP contribution in [0.1, 0.15) is 30.5 Å². The van der Waals surface area contributed by atoms with Crippen LogP contribution in [0.5, 0.6) is 0 Å². The van der Waals surface area contributed by atoms with Gasteiger partial charge in [0, 0.05) is 48.9 Å². The van der Waals surface area contributed by atoms with Crippen LogP contribution in [0.15, 0.2) is 54.6 Å². The second kappa shape index (κ2) is 11.4. The van der Waals surface area contributed by atoms with Gasteiger partial charge in [0.2, 0.25) is 0 Å². The van der Waals surface area contributed by atoms with Gasteiger partial charge in [0.1, 0.15) is 0 Å². The van der Waals surface area contributed by atoms with E-state index in [2.05, 4.69) is 22.8 Å². The quantitative estimate of drug-likeness (QED) is 0.290. The van der Waals surface area contributed by atoms with Crippen LogP contribution in [-0.4, -0.2) is 69.4 Å². The average Bonchev–Trinajstić information content (AvgIpc) is 3.81. The van der Waals surface area contributed by atoms with Crippen LogP contribution in [0, 0.1) is 5.92 Å². The van der Waals surface area contributed by atoms with E-state index in [0.29, 0.717) is 23.2 Å². The number of carbonyl (C=O) groups is 2. The van der Waals surface area contributed by atoms with E-state index in [9.17, 15) is 9.59 Å². The summed E-state index contributed by atoms with van der Waals surface area (Å²) in [5.74, 6) is 0.248. The SMILES string of the molecule is O=C(NCC1CCN(C(=O)N2CCCC2)C1)Nc1nc2c(s1)-c1c(c(-c3ccccc3)nn1-c1cccc(Cl)c1)CC2. The van der Waals surface area contributed by atoms with Gasteiger partial charge in [0.15, 0.2) is 5.13 Å². The Labute approximate surface area is 253 Å². The van der Waals surface area contributed by atoms with Gasteiger partial charge < -0.3 is 15.1 Å². The van der Waals surface area contributed by atoms with Gasteiger partial charge in [-0.25, -0.2) is 19.3 Å². The summed E-state index contributed by atoms with van der Waals surface area (Å²) in [7, 11) is 0. The minimum atomic E-state index is -0.279. The van der Waals surface area contributed by atoms with E-state index in [1.807, 2.05) is 56.9 Å². The maximum absolute atomic E-state index is 12.9.